The molecule has 0 aliphatic carbocycles. The first-order valence-electron chi connectivity index (χ1n) is 7.42. The van der Waals surface area contributed by atoms with Crippen molar-refractivity contribution >= 4 is 11.6 Å². The highest BCUT2D eigenvalue weighted by molar-refractivity contribution is 5.89. The highest BCUT2D eigenvalue weighted by Gasteiger charge is 2.31. The quantitative estimate of drug-likeness (QED) is 0.866. The van der Waals surface area contributed by atoms with Crippen molar-refractivity contribution in [3.63, 3.8) is 0 Å². The molecule has 1 atom stereocenters. The van der Waals surface area contributed by atoms with Gasteiger partial charge in [0.15, 0.2) is 0 Å². The average Bonchev–Trinajstić information content (AvgIpc) is 3.07. The van der Waals surface area contributed by atoms with Crippen LogP contribution in [0.1, 0.15) is 11.3 Å². The number of nitrogens with two attached hydrogens (primary N) is 1. The van der Waals surface area contributed by atoms with Crippen molar-refractivity contribution in [2.45, 2.75) is 18.8 Å². The first kappa shape index (κ1) is 17.0. The van der Waals surface area contributed by atoms with Crippen LogP contribution in [-0.4, -0.2) is 34.9 Å². The first-order valence-corrected chi connectivity index (χ1v) is 7.42. The Morgan fingerprint density at radius 1 is 1.28 bits per heavy atom. The summed E-state index contributed by atoms with van der Waals surface area (Å²) in [5.74, 6) is 0.0689. The number of hydrogen-bond acceptors (Lipinski definition) is 5. The summed E-state index contributed by atoms with van der Waals surface area (Å²) in [4.78, 5) is 11.3. The van der Waals surface area contributed by atoms with Gasteiger partial charge in [0.05, 0.1) is 23.8 Å². The van der Waals surface area contributed by atoms with Crippen LogP contribution in [0.25, 0.3) is 5.70 Å². The van der Waals surface area contributed by atoms with Gasteiger partial charge >= 0.3 is 6.36 Å². The number of H-pyrrole nitrogens is 1. The van der Waals surface area contributed by atoms with E-state index in [2.05, 4.69) is 19.7 Å². The van der Waals surface area contributed by atoms with Crippen LogP contribution in [0.3, 0.4) is 0 Å². The molecule has 6 nitrogen and oxygen atoms in total. The fourth-order valence-corrected chi connectivity index (χ4v) is 2.32. The SMILES string of the molecule is NC(Cc1c[nH]cn1)C1=NC(c2ccc(OC(F)(F)F)cc2)=CCO1. The van der Waals surface area contributed by atoms with Gasteiger partial charge in [-0.25, -0.2) is 9.98 Å². The van der Waals surface area contributed by atoms with E-state index in [9.17, 15) is 13.2 Å². The standard InChI is InChI=1S/C16H15F3N4O2/c17-16(18,19)25-12-3-1-10(2-4-12)14-5-6-24-15(23-14)13(20)7-11-8-21-9-22-11/h1-5,8-9,13H,6-7,20H2,(H,21,22). The number of rotatable bonds is 5. The van der Waals surface area contributed by atoms with E-state index in [4.69, 9.17) is 10.5 Å². The van der Waals surface area contributed by atoms with Crippen LogP contribution >= 0.6 is 0 Å². The minimum Gasteiger partial charge on any atom is -0.475 e. The summed E-state index contributed by atoms with van der Waals surface area (Å²) < 4.78 is 45.9. The topological polar surface area (TPSA) is 85.5 Å². The van der Waals surface area contributed by atoms with E-state index in [0.717, 1.165) is 5.69 Å². The van der Waals surface area contributed by atoms with Gasteiger partial charge in [0.1, 0.15) is 12.4 Å². The number of aromatic amines is 1. The van der Waals surface area contributed by atoms with Gasteiger partial charge in [0.2, 0.25) is 5.90 Å². The second kappa shape index (κ2) is 6.98. The fraction of sp³-hybridized carbons (Fsp3) is 0.250. The van der Waals surface area contributed by atoms with E-state index < -0.39 is 12.4 Å². The molecule has 0 amide bonds. The van der Waals surface area contributed by atoms with Gasteiger partial charge in [0.25, 0.3) is 0 Å². The number of imidazole rings is 1. The Morgan fingerprint density at radius 2 is 2.04 bits per heavy atom. The minimum atomic E-state index is -4.72. The van der Waals surface area contributed by atoms with Crippen molar-refractivity contribution in [3.05, 3.63) is 54.1 Å². The third kappa shape index (κ3) is 4.60. The molecule has 0 spiro atoms. The molecule has 0 radical (unpaired) electrons. The molecule has 0 saturated carbocycles. The number of aliphatic imine (C=N–C) groups is 1. The number of hydrogen-bond donors (Lipinski definition) is 2. The highest BCUT2D eigenvalue weighted by Crippen LogP contribution is 2.26. The summed E-state index contributed by atoms with van der Waals surface area (Å²) in [5, 5.41) is 0. The van der Waals surface area contributed by atoms with Gasteiger partial charge < -0.3 is 20.2 Å². The summed E-state index contributed by atoms with van der Waals surface area (Å²) in [6, 6.07) is 4.99. The van der Waals surface area contributed by atoms with Gasteiger partial charge in [-0.15, -0.1) is 13.2 Å². The average molecular weight is 352 g/mol. The van der Waals surface area contributed by atoms with Gasteiger partial charge in [-0.1, -0.05) is 0 Å². The normalized spacial score (nSPS) is 15.8. The highest BCUT2D eigenvalue weighted by atomic mass is 19.4. The van der Waals surface area contributed by atoms with E-state index in [1.54, 1.807) is 18.6 Å². The Kier molecular flexibility index (Phi) is 4.75. The molecule has 0 bridgehead atoms. The third-order valence-corrected chi connectivity index (χ3v) is 3.42. The predicted octanol–water partition coefficient (Wildman–Crippen LogP) is 2.65. The Hall–Kier alpha value is -2.81. The monoisotopic (exact) mass is 352 g/mol. The first-order chi connectivity index (χ1) is 11.9. The zero-order chi connectivity index (χ0) is 17.9. The van der Waals surface area contributed by atoms with Crippen LogP contribution in [0.2, 0.25) is 0 Å². The van der Waals surface area contributed by atoms with E-state index in [0.29, 0.717) is 23.6 Å². The minimum absolute atomic E-state index is 0.281. The lowest BCUT2D eigenvalue weighted by Crippen LogP contribution is -2.35. The maximum absolute atomic E-state index is 12.2. The predicted molar refractivity (Wildman–Crippen MR) is 84.8 cm³/mol. The number of alkyl halides is 3. The second-order valence-electron chi connectivity index (χ2n) is 5.29. The molecule has 1 aromatic heterocycles. The van der Waals surface area contributed by atoms with Gasteiger partial charge in [-0.3, -0.25) is 0 Å². The molecule has 0 saturated heterocycles. The molecule has 9 heteroatoms. The van der Waals surface area contributed by atoms with Crippen molar-refractivity contribution in [2.24, 2.45) is 10.7 Å². The molecule has 132 valence electrons. The van der Waals surface area contributed by atoms with Crippen LogP contribution in [-0.2, 0) is 11.2 Å². The Bertz CT molecular complexity index is 768. The summed E-state index contributed by atoms with van der Waals surface area (Å²) in [6.45, 7) is 0.281. The van der Waals surface area contributed by atoms with Crippen molar-refractivity contribution in [3.8, 4) is 5.75 Å². The molecule has 25 heavy (non-hydrogen) atoms. The lowest BCUT2D eigenvalue weighted by molar-refractivity contribution is -0.274. The Labute approximate surface area is 141 Å². The second-order valence-corrected chi connectivity index (χ2v) is 5.29. The summed E-state index contributed by atoms with van der Waals surface area (Å²) in [6.07, 6.45) is 0.753. The molecule has 2 heterocycles. The lowest BCUT2D eigenvalue weighted by Gasteiger charge is -2.19. The molecular formula is C16H15F3N4O2. The van der Waals surface area contributed by atoms with E-state index in [1.807, 2.05) is 0 Å². The fourth-order valence-electron chi connectivity index (χ4n) is 2.32. The van der Waals surface area contributed by atoms with Crippen molar-refractivity contribution in [1.82, 2.24) is 9.97 Å². The van der Waals surface area contributed by atoms with Crippen LogP contribution in [0, 0.1) is 0 Å². The Balaban J connectivity index is 1.71. The number of benzene rings is 1. The zero-order valence-electron chi connectivity index (χ0n) is 13.0. The molecular weight excluding hydrogens is 337 g/mol. The van der Waals surface area contributed by atoms with Crippen molar-refractivity contribution in [1.29, 1.82) is 0 Å². The van der Waals surface area contributed by atoms with Crippen LogP contribution in [0.15, 0.2) is 47.9 Å². The van der Waals surface area contributed by atoms with E-state index in [1.165, 1.54) is 24.3 Å². The van der Waals surface area contributed by atoms with Gasteiger partial charge in [-0.2, -0.15) is 0 Å². The number of nitrogens with zero attached hydrogens (tertiary/aromatic N) is 2. The maximum Gasteiger partial charge on any atom is 0.573 e. The molecule has 1 aromatic carbocycles. The van der Waals surface area contributed by atoms with Crippen LogP contribution < -0.4 is 10.5 Å². The largest absolute Gasteiger partial charge is 0.573 e. The summed E-state index contributed by atoms with van der Waals surface area (Å²) in [5.41, 5.74) is 8.09. The number of halogens is 3. The smallest absolute Gasteiger partial charge is 0.475 e. The van der Waals surface area contributed by atoms with Crippen molar-refractivity contribution < 1.29 is 22.6 Å². The number of aromatic nitrogens is 2. The lowest BCUT2D eigenvalue weighted by atomic mass is 10.1. The summed E-state index contributed by atoms with van der Waals surface area (Å²) in [7, 11) is 0. The van der Waals surface area contributed by atoms with E-state index in [-0.39, 0.29) is 12.4 Å². The van der Waals surface area contributed by atoms with E-state index >= 15 is 0 Å². The molecule has 1 aliphatic rings. The third-order valence-electron chi connectivity index (χ3n) is 3.42. The van der Waals surface area contributed by atoms with Gasteiger partial charge in [-0.05, 0) is 30.3 Å². The molecule has 3 rings (SSSR count). The van der Waals surface area contributed by atoms with Crippen LogP contribution in [0.4, 0.5) is 13.2 Å². The Morgan fingerprint density at radius 3 is 2.68 bits per heavy atom. The molecule has 0 fully saturated rings. The molecule has 2 aromatic rings. The molecule has 1 unspecified atom stereocenters. The van der Waals surface area contributed by atoms with Gasteiger partial charge in [0, 0.05) is 18.2 Å². The number of ether oxygens (including phenoxy) is 2. The van der Waals surface area contributed by atoms with Crippen LogP contribution in [0.5, 0.6) is 5.75 Å². The van der Waals surface area contributed by atoms with Crippen molar-refractivity contribution in [2.75, 3.05) is 6.61 Å². The molecule has 1 aliphatic heterocycles. The maximum atomic E-state index is 12.2. The summed E-state index contributed by atoms with van der Waals surface area (Å²) >= 11 is 0. The zero-order valence-corrected chi connectivity index (χ0v) is 13.0. The molecule has 3 N–H and O–H groups in total. The number of nitrogens with one attached hydrogen (secondary N) is 1.